The molecule has 7 nitrogen and oxygen atoms in total. The summed E-state index contributed by atoms with van der Waals surface area (Å²) < 4.78 is 34.7. The molecule has 3 rings (SSSR count). The number of nitrogens with one attached hydrogen (secondary N) is 1. The summed E-state index contributed by atoms with van der Waals surface area (Å²) in [7, 11) is 1.34. The van der Waals surface area contributed by atoms with Gasteiger partial charge in [-0.05, 0) is 49.2 Å². The normalized spacial score (nSPS) is 14.4. The lowest BCUT2D eigenvalue weighted by Gasteiger charge is -2.34. The average molecular weight is 447 g/mol. The fourth-order valence-electron chi connectivity index (χ4n) is 3.57. The van der Waals surface area contributed by atoms with Crippen LogP contribution < -0.4 is 14.8 Å². The molecule has 1 fully saturated rings. The smallest absolute Gasteiger partial charge is 0.387 e. The first kappa shape index (κ1) is 23.5. The second-order valence-corrected chi connectivity index (χ2v) is 7.61. The number of piperazine rings is 1. The first-order chi connectivity index (χ1) is 15.3. The molecule has 1 aliphatic heterocycles. The number of ether oxygens (including phenoxy) is 2. The topological polar surface area (TPSA) is 71.1 Å². The van der Waals surface area contributed by atoms with Gasteiger partial charge in [-0.25, -0.2) is 0 Å². The van der Waals surface area contributed by atoms with E-state index in [1.54, 1.807) is 4.90 Å². The third-order valence-electron chi connectivity index (χ3n) is 5.53. The molecule has 0 radical (unpaired) electrons. The SMILES string of the molecule is COc1ccc(C(=O)N2CCN(CC(=O)Nc3cccc(C)c3C)CC2)cc1OC(F)F. The molecule has 0 spiro atoms. The Morgan fingerprint density at radius 2 is 1.78 bits per heavy atom. The maximum Gasteiger partial charge on any atom is 0.387 e. The van der Waals surface area contributed by atoms with Crippen molar-refractivity contribution in [3.05, 3.63) is 53.1 Å². The molecule has 2 aromatic rings. The van der Waals surface area contributed by atoms with Crippen LogP contribution in [-0.2, 0) is 4.79 Å². The third kappa shape index (κ3) is 5.73. The quantitative estimate of drug-likeness (QED) is 0.705. The predicted molar refractivity (Wildman–Crippen MR) is 117 cm³/mol. The molecule has 0 unspecified atom stereocenters. The van der Waals surface area contributed by atoms with E-state index in [1.807, 2.05) is 36.9 Å². The fraction of sp³-hybridized carbons (Fsp3) is 0.391. The van der Waals surface area contributed by atoms with E-state index in [2.05, 4.69) is 10.1 Å². The Bertz CT molecular complexity index is 976. The Kier molecular flexibility index (Phi) is 7.63. The minimum atomic E-state index is -3.02. The Balaban J connectivity index is 1.55. The highest BCUT2D eigenvalue weighted by Gasteiger charge is 2.24. The van der Waals surface area contributed by atoms with Gasteiger partial charge < -0.3 is 19.7 Å². The molecule has 32 heavy (non-hydrogen) atoms. The van der Waals surface area contributed by atoms with Gasteiger partial charge in [-0.1, -0.05) is 12.1 Å². The second kappa shape index (κ2) is 10.4. The number of halogens is 2. The van der Waals surface area contributed by atoms with Crippen LogP contribution in [-0.4, -0.2) is 68.1 Å². The highest BCUT2D eigenvalue weighted by molar-refractivity contribution is 5.95. The lowest BCUT2D eigenvalue weighted by Crippen LogP contribution is -2.50. The zero-order valence-electron chi connectivity index (χ0n) is 18.4. The van der Waals surface area contributed by atoms with Crippen molar-refractivity contribution in [2.45, 2.75) is 20.5 Å². The highest BCUT2D eigenvalue weighted by Crippen LogP contribution is 2.30. The van der Waals surface area contributed by atoms with Crippen LogP contribution in [0.2, 0.25) is 0 Å². The number of rotatable bonds is 7. The number of hydrogen-bond donors (Lipinski definition) is 1. The number of amides is 2. The third-order valence-corrected chi connectivity index (χ3v) is 5.53. The van der Waals surface area contributed by atoms with E-state index in [0.29, 0.717) is 26.2 Å². The number of benzene rings is 2. The highest BCUT2D eigenvalue weighted by atomic mass is 19.3. The monoisotopic (exact) mass is 447 g/mol. The minimum absolute atomic E-state index is 0.109. The lowest BCUT2D eigenvalue weighted by atomic mass is 10.1. The van der Waals surface area contributed by atoms with Gasteiger partial charge in [0, 0.05) is 37.4 Å². The van der Waals surface area contributed by atoms with E-state index in [0.717, 1.165) is 16.8 Å². The molecule has 0 bridgehead atoms. The fourth-order valence-corrected chi connectivity index (χ4v) is 3.57. The minimum Gasteiger partial charge on any atom is -0.493 e. The van der Waals surface area contributed by atoms with Crippen molar-refractivity contribution < 1.29 is 27.8 Å². The van der Waals surface area contributed by atoms with Crippen LogP contribution >= 0.6 is 0 Å². The van der Waals surface area contributed by atoms with E-state index in [1.165, 1.54) is 25.3 Å². The molecule has 0 aromatic heterocycles. The number of carbonyl (C=O) groups excluding carboxylic acids is 2. The van der Waals surface area contributed by atoms with Crippen LogP contribution in [0.5, 0.6) is 11.5 Å². The molecule has 9 heteroatoms. The van der Waals surface area contributed by atoms with Gasteiger partial charge in [0.05, 0.1) is 13.7 Å². The van der Waals surface area contributed by atoms with Crippen LogP contribution in [0.15, 0.2) is 36.4 Å². The summed E-state index contributed by atoms with van der Waals surface area (Å²) in [5, 5.41) is 2.94. The van der Waals surface area contributed by atoms with Crippen LogP contribution in [0.1, 0.15) is 21.5 Å². The summed E-state index contributed by atoms with van der Waals surface area (Å²) in [6.07, 6.45) is 0. The van der Waals surface area contributed by atoms with E-state index in [-0.39, 0.29) is 35.4 Å². The second-order valence-electron chi connectivity index (χ2n) is 7.61. The number of aryl methyl sites for hydroxylation is 1. The summed E-state index contributed by atoms with van der Waals surface area (Å²) in [4.78, 5) is 28.9. The molecule has 1 N–H and O–H groups in total. The molecular weight excluding hydrogens is 420 g/mol. The van der Waals surface area contributed by atoms with E-state index >= 15 is 0 Å². The number of hydrogen-bond acceptors (Lipinski definition) is 5. The molecule has 1 aliphatic rings. The maximum atomic E-state index is 12.8. The van der Waals surface area contributed by atoms with Gasteiger partial charge >= 0.3 is 6.61 Å². The van der Waals surface area contributed by atoms with Crippen molar-refractivity contribution in [3.63, 3.8) is 0 Å². The summed E-state index contributed by atoms with van der Waals surface area (Å²) in [6, 6.07) is 9.98. The average Bonchev–Trinajstić information content (AvgIpc) is 2.76. The standard InChI is InChI=1S/C23H27F2N3O4/c1-15-5-4-6-18(16(15)2)26-21(29)14-27-9-11-28(12-10-27)22(30)17-7-8-19(31-3)20(13-17)32-23(24)25/h4-8,13,23H,9-12,14H2,1-3H3,(H,26,29). The van der Waals surface area contributed by atoms with Crippen molar-refractivity contribution in [2.24, 2.45) is 0 Å². The van der Waals surface area contributed by atoms with Crippen LogP contribution in [0.4, 0.5) is 14.5 Å². The van der Waals surface area contributed by atoms with Crippen LogP contribution in [0.3, 0.4) is 0 Å². The van der Waals surface area contributed by atoms with Crippen LogP contribution in [0.25, 0.3) is 0 Å². The molecular formula is C23H27F2N3O4. The van der Waals surface area contributed by atoms with Gasteiger partial charge in [0.15, 0.2) is 11.5 Å². The van der Waals surface area contributed by atoms with Gasteiger partial charge in [0.1, 0.15) is 0 Å². The van der Waals surface area contributed by atoms with Gasteiger partial charge in [0.2, 0.25) is 5.91 Å². The summed E-state index contributed by atoms with van der Waals surface area (Å²) in [5.74, 6) is -0.453. The summed E-state index contributed by atoms with van der Waals surface area (Å²) >= 11 is 0. The molecule has 1 saturated heterocycles. The first-order valence-electron chi connectivity index (χ1n) is 10.3. The number of anilines is 1. The van der Waals surface area contributed by atoms with Crippen LogP contribution in [0, 0.1) is 13.8 Å². The maximum absolute atomic E-state index is 12.8. The predicted octanol–water partition coefficient (Wildman–Crippen LogP) is 3.31. The molecule has 2 aromatic carbocycles. The van der Waals surface area contributed by atoms with Gasteiger partial charge in [-0.15, -0.1) is 0 Å². The molecule has 172 valence electrons. The Labute approximate surface area is 185 Å². The Morgan fingerprint density at radius 1 is 1.06 bits per heavy atom. The van der Waals surface area contributed by atoms with Crippen molar-refractivity contribution in [3.8, 4) is 11.5 Å². The Morgan fingerprint density at radius 3 is 2.44 bits per heavy atom. The number of nitrogens with zero attached hydrogens (tertiary/aromatic N) is 2. The molecule has 0 atom stereocenters. The molecule has 2 amide bonds. The number of alkyl halides is 2. The van der Waals surface area contributed by atoms with Crippen molar-refractivity contribution in [1.29, 1.82) is 0 Å². The Hall–Kier alpha value is -3.20. The molecule has 1 heterocycles. The first-order valence-corrected chi connectivity index (χ1v) is 10.3. The van der Waals surface area contributed by atoms with Gasteiger partial charge in [0.25, 0.3) is 5.91 Å². The number of carbonyl (C=O) groups is 2. The largest absolute Gasteiger partial charge is 0.493 e. The van der Waals surface area contributed by atoms with Crippen molar-refractivity contribution >= 4 is 17.5 Å². The number of methoxy groups -OCH3 is 1. The summed E-state index contributed by atoms with van der Waals surface area (Å²) in [5.41, 5.74) is 3.18. The summed E-state index contributed by atoms with van der Waals surface area (Å²) in [6.45, 7) is 3.07. The van der Waals surface area contributed by atoms with E-state index < -0.39 is 6.61 Å². The van der Waals surface area contributed by atoms with E-state index in [4.69, 9.17) is 4.74 Å². The zero-order chi connectivity index (χ0) is 23.3. The van der Waals surface area contributed by atoms with Gasteiger partial charge in [-0.3, -0.25) is 14.5 Å². The molecule has 0 aliphatic carbocycles. The van der Waals surface area contributed by atoms with Crippen molar-refractivity contribution in [1.82, 2.24) is 9.80 Å². The lowest BCUT2D eigenvalue weighted by molar-refractivity contribution is -0.117. The van der Waals surface area contributed by atoms with E-state index in [9.17, 15) is 18.4 Å². The zero-order valence-corrected chi connectivity index (χ0v) is 18.4. The van der Waals surface area contributed by atoms with Gasteiger partial charge in [-0.2, -0.15) is 8.78 Å². The molecule has 0 saturated carbocycles. The van der Waals surface area contributed by atoms with Crippen molar-refractivity contribution in [2.75, 3.05) is 45.2 Å².